The lowest BCUT2D eigenvalue weighted by Crippen LogP contribution is -2.27. The predicted octanol–water partition coefficient (Wildman–Crippen LogP) is 2.40. The number of hydrogen-bond acceptors (Lipinski definition) is 3. The minimum atomic E-state index is -0.256. The molecule has 1 rings (SSSR count). The minimum absolute atomic E-state index is 0.256. The van der Waals surface area contributed by atoms with Crippen LogP contribution in [0.25, 0.3) is 0 Å². The molecule has 0 atom stereocenters. The molecule has 0 radical (unpaired) electrons. The maximum atomic E-state index is 14.0. The van der Waals surface area contributed by atoms with Crippen molar-refractivity contribution in [1.82, 2.24) is 4.90 Å². The molecule has 2 N–H and O–H groups in total. The van der Waals surface area contributed by atoms with E-state index in [4.69, 9.17) is 10.5 Å². The van der Waals surface area contributed by atoms with Crippen LogP contribution >= 0.6 is 0 Å². The summed E-state index contributed by atoms with van der Waals surface area (Å²) in [6, 6.07) is 5.27. The first-order valence-corrected chi connectivity index (χ1v) is 6.46. The van der Waals surface area contributed by atoms with Crippen LogP contribution in [0, 0.1) is 5.82 Å². The first-order valence-electron chi connectivity index (χ1n) is 6.46. The van der Waals surface area contributed by atoms with E-state index in [1.807, 2.05) is 12.1 Å². The highest BCUT2D eigenvalue weighted by Crippen LogP contribution is 2.21. The Morgan fingerprint density at radius 1 is 1.33 bits per heavy atom. The zero-order chi connectivity index (χ0) is 13.4. The quantitative estimate of drug-likeness (QED) is 0.774. The first-order chi connectivity index (χ1) is 8.72. The normalized spacial score (nSPS) is 10.9. The fourth-order valence-corrected chi connectivity index (χ4v) is 1.98. The number of ether oxygens (including phenoxy) is 1. The number of nitrogens with zero attached hydrogens (tertiary/aromatic N) is 1. The summed E-state index contributed by atoms with van der Waals surface area (Å²) in [5.41, 5.74) is 6.20. The van der Waals surface area contributed by atoms with E-state index in [1.165, 1.54) is 7.11 Å². The lowest BCUT2D eigenvalue weighted by molar-refractivity contribution is 0.259. The van der Waals surface area contributed by atoms with Gasteiger partial charge in [-0.3, -0.25) is 4.90 Å². The van der Waals surface area contributed by atoms with Crippen molar-refractivity contribution < 1.29 is 9.13 Å². The molecule has 0 bridgehead atoms. The summed E-state index contributed by atoms with van der Waals surface area (Å²) in [7, 11) is 1.49. The van der Waals surface area contributed by atoms with Crippen LogP contribution in [0.15, 0.2) is 18.2 Å². The fourth-order valence-electron chi connectivity index (χ4n) is 1.98. The number of methoxy groups -OCH3 is 1. The molecule has 18 heavy (non-hydrogen) atoms. The van der Waals surface area contributed by atoms with Crippen molar-refractivity contribution in [1.29, 1.82) is 0 Å². The molecule has 0 aliphatic carbocycles. The molecule has 0 heterocycles. The van der Waals surface area contributed by atoms with Crippen LogP contribution in [0.2, 0.25) is 0 Å². The second kappa shape index (κ2) is 8.06. The van der Waals surface area contributed by atoms with Crippen molar-refractivity contribution >= 4 is 0 Å². The van der Waals surface area contributed by atoms with Crippen molar-refractivity contribution in [3.63, 3.8) is 0 Å². The van der Waals surface area contributed by atoms with Gasteiger partial charge >= 0.3 is 0 Å². The number of hydrogen-bond donors (Lipinski definition) is 1. The van der Waals surface area contributed by atoms with E-state index in [1.54, 1.807) is 6.07 Å². The van der Waals surface area contributed by atoms with E-state index in [0.717, 1.165) is 25.9 Å². The molecule has 0 fully saturated rings. The smallest absolute Gasteiger partial charge is 0.169 e. The SMILES string of the molecule is CCCN(CCCN)Cc1cccc(OC)c1F. The molecule has 0 amide bonds. The van der Waals surface area contributed by atoms with E-state index in [0.29, 0.717) is 24.4 Å². The third-order valence-corrected chi connectivity index (χ3v) is 2.88. The van der Waals surface area contributed by atoms with Gasteiger partial charge < -0.3 is 10.5 Å². The Morgan fingerprint density at radius 2 is 2.11 bits per heavy atom. The number of halogens is 1. The molecule has 0 aromatic heterocycles. The summed E-state index contributed by atoms with van der Waals surface area (Å²) in [5, 5.41) is 0. The van der Waals surface area contributed by atoms with Gasteiger partial charge in [0.1, 0.15) is 0 Å². The summed E-state index contributed by atoms with van der Waals surface area (Å²) < 4.78 is 19.0. The standard InChI is InChI=1S/C14H23FN2O/c1-3-9-17(10-5-8-16)11-12-6-4-7-13(18-2)14(12)15/h4,6-7H,3,5,8-11,16H2,1-2H3. The highest BCUT2D eigenvalue weighted by Gasteiger charge is 2.11. The summed E-state index contributed by atoms with van der Waals surface area (Å²) in [4.78, 5) is 2.23. The Balaban J connectivity index is 2.73. The summed E-state index contributed by atoms with van der Waals surface area (Å²) in [6.07, 6.45) is 1.99. The molecule has 0 saturated heterocycles. The van der Waals surface area contributed by atoms with Crippen molar-refractivity contribution in [3.05, 3.63) is 29.6 Å². The average Bonchev–Trinajstić information content (AvgIpc) is 2.38. The van der Waals surface area contributed by atoms with Crippen LogP contribution in [0.3, 0.4) is 0 Å². The predicted molar refractivity (Wildman–Crippen MR) is 72.2 cm³/mol. The van der Waals surface area contributed by atoms with Crippen LogP contribution in [0.5, 0.6) is 5.75 Å². The fraction of sp³-hybridized carbons (Fsp3) is 0.571. The molecule has 0 aliphatic heterocycles. The van der Waals surface area contributed by atoms with Gasteiger partial charge in [0.15, 0.2) is 11.6 Å². The highest BCUT2D eigenvalue weighted by molar-refractivity contribution is 5.30. The van der Waals surface area contributed by atoms with E-state index in [2.05, 4.69) is 11.8 Å². The van der Waals surface area contributed by atoms with Gasteiger partial charge in [0.2, 0.25) is 0 Å². The molecule has 0 aliphatic rings. The van der Waals surface area contributed by atoms with Crippen molar-refractivity contribution in [2.24, 2.45) is 5.73 Å². The molecule has 1 aromatic rings. The maximum absolute atomic E-state index is 14.0. The van der Waals surface area contributed by atoms with Gasteiger partial charge in [-0.2, -0.15) is 0 Å². The molecule has 102 valence electrons. The molecule has 1 aromatic carbocycles. The zero-order valence-electron chi connectivity index (χ0n) is 11.3. The van der Waals surface area contributed by atoms with E-state index in [9.17, 15) is 4.39 Å². The Labute approximate surface area is 109 Å². The molecule has 3 nitrogen and oxygen atoms in total. The Hall–Kier alpha value is -1.13. The Morgan fingerprint density at radius 3 is 2.72 bits per heavy atom. The third kappa shape index (κ3) is 4.27. The van der Waals surface area contributed by atoms with Crippen LogP contribution in [0.4, 0.5) is 4.39 Å². The van der Waals surface area contributed by atoms with Crippen LogP contribution < -0.4 is 10.5 Å². The number of rotatable bonds is 8. The molecule has 0 saturated carbocycles. The average molecular weight is 254 g/mol. The lowest BCUT2D eigenvalue weighted by Gasteiger charge is -2.22. The topological polar surface area (TPSA) is 38.5 Å². The molecule has 0 spiro atoms. The van der Waals surface area contributed by atoms with Crippen LogP contribution in [-0.2, 0) is 6.54 Å². The van der Waals surface area contributed by atoms with E-state index in [-0.39, 0.29) is 5.82 Å². The van der Waals surface area contributed by atoms with Gasteiger partial charge in [0.05, 0.1) is 7.11 Å². The maximum Gasteiger partial charge on any atom is 0.169 e. The van der Waals surface area contributed by atoms with Crippen LogP contribution in [0.1, 0.15) is 25.3 Å². The van der Waals surface area contributed by atoms with E-state index < -0.39 is 0 Å². The van der Waals surface area contributed by atoms with Crippen LogP contribution in [-0.4, -0.2) is 31.6 Å². The molecular formula is C14H23FN2O. The Kier molecular flexibility index (Phi) is 6.68. The van der Waals surface area contributed by atoms with Gasteiger partial charge in [-0.1, -0.05) is 19.1 Å². The van der Waals surface area contributed by atoms with Gasteiger partial charge in [-0.25, -0.2) is 4.39 Å². The minimum Gasteiger partial charge on any atom is -0.494 e. The van der Waals surface area contributed by atoms with Crippen molar-refractivity contribution in [3.8, 4) is 5.75 Å². The monoisotopic (exact) mass is 254 g/mol. The molecule has 0 unspecified atom stereocenters. The second-order valence-electron chi connectivity index (χ2n) is 4.35. The van der Waals surface area contributed by atoms with Crippen molar-refractivity contribution in [2.45, 2.75) is 26.3 Å². The Bertz CT molecular complexity index is 358. The second-order valence-corrected chi connectivity index (χ2v) is 4.35. The first kappa shape index (κ1) is 14.9. The number of benzene rings is 1. The lowest BCUT2D eigenvalue weighted by atomic mass is 10.1. The highest BCUT2D eigenvalue weighted by atomic mass is 19.1. The van der Waals surface area contributed by atoms with Gasteiger partial charge in [-0.05, 0) is 38.5 Å². The summed E-state index contributed by atoms with van der Waals surface area (Å²) >= 11 is 0. The van der Waals surface area contributed by atoms with Gasteiger partial charge in [0.25, 0.3) is 0 Å². The summed E-state index contributed by atoms with van der Waals surface area (Å²) in [5.74, 6) is 0.0524. The molecular weight excluding hydrogens is 231 g/mol. The summed E-state index contributed by atoms with van der Waals surface area (Å²) in [6.45, 7) is 5.26. The van der Waals surface area contributed by atoms with Gasteiger partial charge in [-0.15, -0.1) is 0 Å². The van der Waals surface area contributed by atoms with E-state index >= 15 is 0 Å². The number of nitrogens with two attached hydrogens (primary N) is 1. The van der Waals surface area contributed by atoms with Crippen molar-refractivity contribution in [2.75, 3.05) is 26.7 Å². The molecule has 4 heteroatoms. The van der Waals surface area contributed by atoms with Gasteiger partial charge in [0, 0.05) is 12.1 Å². The zero-order valence-corrected chi connectivity index (χ0v) is 11.3. The third-order valence-electron chi connectivity index (χ3n) is 2.88. The largest absolute Gasteiger partial charge is 0.494 e.